The van der Waals surface area contributed by atoms with Crippen LogP contribution in [0.15, 0.2) is 4.99 Å². The summed E-state index contributed by atoms with van der Waals surface area (Å²) in [6.45, 7) is 4.45. The molecule has 5 atom stereocenters. The summed E-state index contributed by atoms with van der Waals surface area (Å²) in [5.41, 5.74) is 21.7. The minimum absolute atomic E-state index is 0. The van der Waals surface area contributed by atoms with Crippen LogP contribution in [-0.2, 0) is 28.8 Å². The number of nitrogens with one attached hydrogen (secondary N) is 2. The van der Waals surface area contributed by atoms with Crippen molar-refractivity contribution in [1.29, 1.82) is 0 Å². The van der Waals surface area contributed by atoms with Crippen LogP contribution in [0.4, 0.5) is 0 Å². The number of rotatable bonds is 15. The van der Waals surface area contributed by atoms with Crippen molar-refractivity contribution in [3.63, 3.8) is 0 Å². The number of aliphatic hydroxyl groups excluding tert-OH is 1. The van der Waals surface area contributed by atoms with Crippen molar-refractivity contribution in [1.82, 2.24) is 15.5 Å². The lowest BCUT2D eigenvalue weighted by atomic mass is 10.1. The number of guanidine groups is 1. The molecule has 1 aliphatic rings. The van der Waals surface area contributed by atoms with E-state index < -0.39 is 65.9 Å². The molecule has 1 fully saturated rings. The normalized spacial score (nSPS) is 16.0. The first-order valence-corrected chi connectivity index (χ1v) is 13.7. The van der Waals surface area contributed by atoms with Crippen LogP contribution >= 0.6 is 0 Å². The smallest absolute Gasteiger partial charge is 0.326 e. The molecular formula is C25H50N8O11. The molecular weight excluding hydrogens is 588 g/mol. The zero-order chi connectivity index (χ0) is 33.7. The Labute approximate surface area is 255 Å². The van der Waals surface area contributed by atoms with Gasteiger partial charge in [0, 0.05) is 26.9 Å². The monoisotopic (exact) mass is 638 g/mol. The van der Waals surface area contributed by atoms with Crippen LogP contribution in [0, 0.1) is 0 Å². The molecule has 0 aromatic carbocycles. The number of unbranched alkanes of at least 4 members (excludes halogenated alkanes) is 1. The van der Waals surface area contributed by atoms with Gasteiger partial charge in [0.05, 0.1) is 6.10 Å². The quantitative estimate of drug-likeness (QED) is 0.0468. The number of aliphatic imine (C=N–C) groups is 1. The van der Waals surface area contributed by atoms with E-state index in [0.29, 0.717) is 38.6 Å². The van der Waals surface area contributed by atoms with Gasteiger partial charge in [-0.25, -0.2) is 4.79 Å². The van der Waals surface area contributed by atoms with Crippen molar-refractivity contribution in [3.8, 4) is 0 Å². The Morgan fingerprint density at radius 2 is 1.45 bits per heavy atom. The van der Waals surface area contributed by atoms with E-state index in [0.717, 1.165) is 13.8 Å². The van der Waals surface area contributed by atoms with E-state index >= 15 is 0 Å². The van der Waals surface area contributed by atoms with Crippen molar-refractivity contribution in [2.75, 3.05) is 19.6 Å². The third kappa shape index (κ3) is 20.8. The summed E-state index contributed by atoms with van der Waals surface area (Å²) in [5.74, 6) is -4.72. The fourth-order valence-electron chi connectivity index (χ4n) is 3.77. The number of aliphatic hydroxyl groups is 1. The van der Waals surface area contributed by atoms with Gasteiger partial charge in [-0.1, -0.05) is 0 Å². The molecule has 0 spiro atoms. The molecule has 1 rings (SSSR count). The summed E-state index contributed by atoms with van der Waals surface area (Å²) in [6.07, 6.45) is 1.69. The number of carbonyl (C=O) groups is 6. The summed E-state index contributed by atoms with van der Waals surface area (Å²) in [6, 6.07) is -4.21. The van der Waals surface area contributed by atoms with Crippen molar-refractivity contribution >= 4 is 41.6 Å². The van der Waals surface area contributed by atoms with Crippen LogP contribution in [0.3, 0.4) is 0 Å². The Bertz CT molecular complexity index is 925. The number of aliphatic carboxylic acids is 3. The molecule has 1 heterocycles. The molecule has 0 unspecified atom stereocenters. The average Bonchev–Trinajstić information content (AvgIpc) is 3.38. The molecule has 0 radical (unpaired) electrons. The largest absolute Gasteiger partial charge is 0.481 e. The second-order valence-corrected chi connectivity index (χ2v) is 9.69. The third-order valence-corrected chi connectivity index (χ3v) is 5.78. The topological polar surface area (TPSA) is 359 Å². The molecule has 19 nitrogen and oxygen atoms in total. The van der Waals surface area contributed by atoms with Gasteiger partial charge in [-0.3, -0.25) is 29.0 Å². The highest BCUT2D eigenvalue weighted by Crippen LogP contribution is 2.20. The molecule has 19 heteroatoms. The number of carbonyl (C=O) groups excluding carboxylic acids is 3. The highest BCUT2D eigenvalue weighted by atomic mass is 16.4. The zero-order valence-corrected chi connectivity index (χ0v) is 25.4. The maximum Gasteiger partial charge on any atom is 0.326 e. The van der Waals surface area contributed by atoms with E-state index in [4.69, 9.17) is 42.7 Å². The predicted octanol–water partition coefficient (Wildman–Crippen LogP) is -3.72. The van der Waals surface area contributed by atoms with Crippen LogP contribution in [0.1, 0.15) is 65.7 Å². The minimum Gasteiger partial charge on any atom is -0.481 e. The second-order valence-electron chi connectivity index (χ2n) is 9.69. The first kappa shape index (κ1) is 44.4. The molecule has 1 saturated heterocycles. The fraction of sp³-hybridized carbons (Fsp3) is 0.720. The van der Waals surface area contributed by atoms with E-state index in [9.17, 15) is 29.4 Å². The van der Waals surface area contributed by atoms with Gasteiger partial charge >= 0.3 is 5.97 Å². The van der Waals surface area contributed by atoms with E-state index in [2.05, 4.69) is 15.6 Å². The number of nitrogens with two attached hydrogens (primary N) is 4. The Morgan fingerprint density at radius 1 is 0.932 bits per heavy atom. The standard InChI is InChI=1S/C21H40N8O6.2C2H4O2.H2O/c1-12(30)16(23)18(32)27-13(6-2-3-9-22)19(33)29-11-5-8-15(29)17(31)28-14(20(34)35)7-4-10-26-21(24)25;2*1-2(3)4;/h12-16,30H,2-11,22-23H2,1H3,(H,27,32)(H,28,31)(H,34,35)(H4,24,25,26);2*1H3,(H,3,4);1H2/t12-,13+,14+,15+,16+;;;/m1.../s1. The Morgan fingerprint density at radius 3 is 1.91 bits per heavy atom. The Hall–Kier alpha value is -4.07. The highest BCUT2D eigenvalue weighted by Gasteiger charge is 2.39. The number of likely N-dealkylation sites (tertiary alicyclic amines) is 1. The summed E-state index contributed by atoms with van der Waals surface area (Å²) >= 11 is 0. The SMILES string of the molecule is CC(=O)O.CC(=O)O.C[C@@H](O)[C@H](N)C(=O)N[C@@H](CCCCN)C(=O)N1CCC[C@H]1C(=O)N[C@@H](CCCN=C(N)N)C(=O)O.O. The first-order valence-electron chi connectivity index (χ1n) is 13.7. The van der Waals surface area contributed by atoms with Crippen molar-refractivity contribution < 1.29 is 54.7 Å². The van der Waals surface area contributed by atoms with Gasteiger partial charge in [0.15, 0.2) is 5.96 Å². The molecule has 0 aromatic rings. The predicted molar refractivity (Wildman–Crippen MR) is 159 cm³/mol. The van der Waals surface area contributed by atoms with Crippen LogP contribution in [0.2, 0.25) is 0 Å². The first-order chi connectivity index (χ1) is 20.0. The number of hydrogen-bond donors (Lipinski definition) is 10. The van der Waals surface area contributed by atoms with Crippen molar-refractivity contribution in [2.45, 2.75) is 96.0 Å². The number of amides is 3. The molecule has 0 bridgehead atoms. The van der Waals surface area contributed by atoms with E-state index in [1.807, 2.05) is 0 Å². The number of hydrogen-bond acceptors (Lipinski definition) is 10. The summed E-state index contributed by atoms with van der Waals surface area (Å²) in [4.78, 5) is 73.4. The maximum atomic E-state index is 13.3. The van der Waals surface area contributed by atoms with Gasteiger partial charge in [0.2, 0.25) is 17.7 Å². The van der Waals surface area contributed by atoms with E-state index in [1.54, 1.807) is 0 Å². The minimum atomic E-state index is -1.22. The average molecular weight is 639 g/mol. The Kier molecular flexibility index (Phi) is 24.6. The van der Waals surface area contributed by atoms with Gasteiger partial charge in [-0.15, -0.1) is 0 Å². The van der Waals surface area contributed by atoms with Crippen molar-refractivity contribution in [3.05, 3.63) is 0 Å². The fourth-order valence-corrected chi connectivity index (χ4v) is 3.77. The van der Waals surface area contributed by atoms with Gasteiger partial charge < -0.3 is 64.4 Å². The maximum absolute atomic E-state index is 13.3. The molecule has 0 aromatic heterocycles. The molecule has 0 aliphatic carbocycles. The highest BCUT2D eigenvalue weighted by molar-refractivity contribution is 5.94. The summed E-state index contributed by atoms with van der Waals surface area (Å²) in [5, 5.41) is 39.0. The third-order valence-electron chi connectivity index (χ3n) is 5.78. The molecule has 44 heavy (non-hydrogen) atoms. The van der Waals surface area contributed by atoms with Crippen LogP contribution < -0.4 is 33.6 Å². The van der Waals surface area contributed by atoms with E-state index in [-0.39, 0.29) is 37.4 Å². The molecule has 3 amide bonds. The lowest BCUT2D eigenvalue weighted by Crippen LogP contribution is -2.57. The van der Waals surface area contributed by atoms with Crippen LogP contribution in [-0.4, -0.2) is 122 Å². The molecule has 256 valence electrons. The summed E-state index contributed by atoms with van der Waals surface area (Å²) < 4.78 is 0. The number of nitrogens with zero attached hydrogens (tertiary/aromatic N) is 2. The van der Waals surface area contributed by atoms with Gasteiger partial charge in [-0.2, -0.15) is 0 Å². The van der Waals surface area contributed by atoms with Crippen molar-refractivity contribution in [2.24, 2.45) is 27.9 Å². The molecule has 0 saturated carbocycles. The summed E-state index contributed by atoms with van der Waals surface area (Å²) in [7, 11) is 0. The zero-order valence-electron chi connectivity index (χ0n) is 25.4. The van der Waals surface area contributed by atoms with Gasteiger partial charge in [0.1, 0.15) is 24.2 Å². The lowest BCUT2D eigenvalue weighted by molar-refractivity contribution is -0.145. The lowest BCUT2D eigenvalue weighted by Gasteiger charge is -2.30. The Balaban J connectivity index is -0.00000166. The number of carboxylic acids is 3. The van der Waals surface area contributed by atoms with Gasteiger partial charge in [-0.05, 0) is 58.4 Å². The second kappa shape index (κ2) is 24.4. The molecule has 16 N–H and O–H groups in total. The molecule has 1 aliphatic heterocycles. The van der Waals surface area contributed by atoms with Crippen LogP contribution in [0.25, 0.3) is 0 Å². The van der Waals surface area contributed by atoms with E-state index in [1.165, 1.54) is 11.8 Å². The van der Waals surface area contributed by atoms with Crippen LogP contribution in [0.5, 0.6) is 0 Å². The number of carboxylic acid groups (broad SMARTS) is 3. The van der Waals surface area contributed by atoms with Gasteiger partial charge in [0.25, 0.3) is 11.9 Å².